The van der Waals surface area contributed by atoms with E-state index in [2.05, 4.69) is 10.6 Å². The Labute approximate surface area is 167 Å². The molecular weight excluding hydrogens is 376 g/mol. The maximum Gasteiger partial charge on any atom is 0.342 e. The highest BCUT2D eigenvalue weighted by atomic mass is 16.5. The number of ether oxygens (including phenoxy) is 2. The van der Waals surface area contributed by atoms with Crippen molar-refractivity contribution < 1.29 is 29.0 Å². The number of esters is 2. The predicted molar refractivity (Wildman–Crippen MR) is 105 cm³/mol. The first kappa shape index (κ1) is 20.2. The van der Waals surface area contributed by atoms with Crippen LogP contribution in [0.5, 0.6) is 5.75 Å². The van der Waals surface area contributed by atoms with Crippen molar-refractivity contribution in [3.8, 4) is 5.75 Å². The summed E-state index contributed by atoms with van der Waals surface area (Å²) in [7, 11) is 0. The summed E-state index contributed by atoms with van der Waals surface area (Å²) < 4.78 is 10.4. The third kappa shape index (κ3) is 4.16. The van der Waals surface area contributed by atoms with Gasteiger partial charge in [0.25, 0.3) is 0 Å². The normalized spacial score (nSPS) is 16.2. The van der Waals surface area contributed by atoms with Crippen molar-refractivity contribution in [3.63, 3.8) is 0 Å². The summed E-state index contributed by atoms with van der Waals surface area (Å²) in [5.41, 5.74) is 0.367. The molecule has 0 radical (unpaired) electrons. The van der Waals surface area contributed by atoms with Gasteiger partial charge in [0.2, 0.25) is 0 Å². The van der Waals surface area contributed by atoms with E-state index in [-0.39, 0.29) is 35.8 Å². The number of nitrogens with one attached hydrogen (secondary N) is 2. The lowest BCUT2D eigenvalue weighted by Gasteiger charge is -2.28. The van der Waals surface area contributed by atoms with Crippen molar-refractivity contribution in [1.29, 1.82) is 0 Å². The van der Waals surface area contributed by atoms with E-state index < -0.39 is 24.0 Å². The molecular formula is C21H22N2O6. The fourth-order valence-electron chi connectivity index (χ4n) is 3.21. The second kappa shape index (κ2) is 8.64. The van der Waals surface area contributed by atoms with Gasteiger partial charge in [-0.1, -0.05) is 37.3 Å². The van der Waals surface area contributed by atoms with Gasteiger partial charge in [0.15, 0.2) is 0 Å². The fraction of sp³-hybridized carbons (Fsp3) is 0.286. The zero-order valence-electron chi connectivity index (χ0n) is 16.2. The molecule has 2 aromatic rings. The Bertz CT molecular complexity index is 998. The van der Waals surface area contributed by atoms with Crippen molar-refractivity contribution >= 4 is 28.7 Å². The van der Waals surface area contributed by atoms with Crippen LogP contribution in [0.3, 0.4) is 0 Å². The largest absolute Gasteiger partial charge is 0.506 e. The van der Waals surface area contributed by atoms with Crippen LogP contribution in [0.2, 0.25) is 0 Å². The van der Waals surface area contributed by atoms with E-state index in [4.69, 9.17) is 9.47 Å². The van der Waals surface area contributed by atoms with Crippen molar-refractivity contribution in [2.24, 2.45) is 0 Å². The van der Waals surface area contributed by atoms with E-state index in [1.165, 1.54) is 6.07 Å². The monoisotopic (exact) mass is 398 g/mol. The smallest absolute Gasteiger partial charge is 0.342 e. The lowest BCUT2D eigenvalue weighted by molar-refractivity contribution is -0.139. The SMILES string of the molecule is CCOC(=O)C1=C(COC(=O)c2ccc3ccccc3c2O)NC(=O)N[C@@H]1CC. The highest BCUT2D eigenvalue weighted by Gasteiger charge is 2.32. The molecule has 0 unspecified atom stereocenters. The molecule has 0 bridgehead atoms. The molecule has 0 saturated heterocycles. The Morgan fingerprint density at radius 2 is 1.83 bits per heavy atom. The Morgan fingerprint density at radius 3 is 2.55 bits per heavy atom. The van der Waals surface area contributed by atoms with Gasteiger partial charge in [-0.2, -0.15) is 0 Å². The molecule has 0 spiro atoms. The number of fused-ring (bicyclic) bond motifs is 1. The van der Waals surface area contributed by atoms with Crippen molar-refractivity contribution in [2.75, 3.05) is 13.2 Å². The van der Waals surface area contributed by atoms with Crippen LogP contribution < -0.4 is 10.6 Å². The number of hydrogen-bond acceptors (Lipinski definition) is 6. The molecule has 1 aliphatic rings. The number of aromatic hydroxyl groups is 1. The summed E-state index contributed by atoms with van der Waals surface area (Å²) in [6, 6.07) is 9.22. The molecule has 8 nitrogen and oxygen atoms in total. The molecule has 2 aromatic carbocycles. The zero-order valence-corrected chi connectivity index (χ0v) is 16.2. The topological polar surface area (TPSA) is 114 Å². The van der Waals surface area contributed by atoms with Gasteiger partial charge in [-0.15, -0.1) is 0 Å². The van der Waals surface area contributed by atoms with Crippen LogP contribution in [-0.4, -0.2) is 42.3 Å². The van der Waals surface area contributed by atoms with Crippen molar-refractivity contribution in [3.05, 3.63) is 53.2 Å². The lowest BCUT2D eigenvalue weighted by atomic mass is 10.0. The minimum absolute atomic E-state index is 0.00529. The Balaban J connectivity index is 1.86. The Kier molecular flexibility index (Phi) is 6.01. The van der Waals surface area contributed by atoms with Crippen LogP contribution in [0.4, 0.5) is 4.79 Å². The molecule has 29 heavy (non-hydrogen) atoms. The molecule has 8 heteroatoms. The van der Waals surface area contributed by atoms with Crippen LogP contribution >= 0.6 is 0 Å². The van der Waals surface area contributed by atoms with Gasteiger partial charge in [0.1, 0.15) is 17.9 Å². The average molecular weight is 398 g/mol. The van der Waals surface area contributed by atoms with Gasteiger partial charge >= 0.3 is 18.0 Å². The molecule has 3 N–H and O–H groups in total. The number of urea groups is 1. The zero-order chi connectivity index (χ0) is 21.0. The molecule has 1 aliphatic heterocycles. The summed E-state index contributed by atoms with van der Waals surface area (Å²) in [5, 5.41) is 16.9. The lowest BCUT2D eigenvalue weighted by Crippen LogP contribution is -2.51. The summed E-state index contributed by atoms with van der Waals surface area (Å²) in [4.78, 5) is 36.8. The predicted octanol–water partition coefficient (Wildman–Crippen LogP) is 2.61. The van der Waals surface area contributed by atoms with Crippen molar-refractivity contribution in [2.45, 2.75) is 26.3 Å². The van der Waals surface area contributed by atoms with Crippen LogP contribution in [0, 0.1) is 0 Å². The highest BCUT2D eigenvalue weighted by Crippen LogP contribution is 2.29. The number of carbonyl (C=O) groups excluding carboxylic acids is 3. The molecule has 0 aromatic heterocycles. The molecule has 0 aliphatic carbocycles. The van der Waals surface area contributed by atoms with Gasteiger partial charge in [0.05, 0.1) is 23.9 Å². The number of phenolic OH excluding ortho intramolecular Hbond substituents is 1. The van der Waals surface area contributed by atoms with Gasteiger partial charge < -0.3 is 25.2 Å². The number of carbonyl (C=O) groups is 3. The number of benzene rings is 2. The van der Waals surface area contributed by atoms with Crippen LogP contribution in [0.15, 0.2) is 47.7 Å². The second-order valence-corrected chi connectivity index (χ2v) is 6.43. The molecule has 0 fully saturated rings. The van der Waals surface area contributed by atoms with Gasteiger partial charge in [0, 0.05) is 5.39 Å². The van der Waals surface area contributed by atoms with Crippen LogP contribution in [0.25, 0.3) is 10.8 Å². The van der Waals surface area contributed by atoms with E-state index in [9.17, 15) is 19.5 Å². The Morgan fingerprint density at radius 1 is 1.07 bits per heavy atom. The highest BCUT2D eigenvalue weighted by molar-refractivity contribution is 6.01. The molecule has 3 rings (SSSR count). The quantitative estimate of drug-likeness (QED) is 0.645. The first-order chi connectivity index (χ1) is 14.0. The van der Waals surface area contributed by atoms with E-state index in [1.54, 1.807) is 25.1 Å². The summed E-state index contributed by atoms with van der Waals surface area (Å²) in [5.74, 6) is -1.55. The fourth-order valence-corrected chi connectivity index (χ4v) is 3.21. The molecule has 1 atom stereocenters. The second-order valence-electron chi connectivity index (χ2n) is 6.43. The molecule has 1 heterocycles. The first-order valence-corrected chi connectivity index (χ1v) is 9.31. The number of phenols is 1. The summed E-state index contributed by atoms with van der Waals surface area (Å²) >= 11 is 0. The van der Waals surface area contributed by atoms with E-state index >= 15 is 0 Å². The average Bonchev–Trinajstić information content (AvgIpc) is 2.72. The standard InChI is InChI=1S/C21H22N2O6/c1-3-15-17(20(26)28-4-2)16(23-21(27)22-15)11-29-19(25)14-10-9-12-7-5-6-8-13(12)18(14)24/h5-10,15,24H,3-4,11H2,1-2H3,(H2,22,23,27)/t15-/m1/s1. The minimum atomic E-state index is -0.773. The summed E-state index contributed by atoms with van der Waals surface area (Å²) in [6.07, 6.45) is 0.463. The van der Waals surface area contributed by atoms with Gasteiger partial charge in [-0.3, -0.25) is 0 Å². The molecule has 152 valence electrons. The maximum atomic E-state index is 12.5. The molecule has 2 amide bonds. The van der Waals surface area contributed by atoms with Gasteiger partial charge in [-0.25, -0.2) is 14.4 Å². The third-order valence-corrected chi connectivity index (χ3v) is 4.62. The van der Waals surface area contributed by atoms with E-state index in [0.29, 0.717) is 11.8 Å². The van der Waals surface area contributed by atoms with Crippen LogP contribution in [0.1, 0.15) is 30.6 Å². The molecule has 0 saturated carbocycles. The van der Waals surface area contributed by atoms with Gasteiger partial charge in [-0.05, 0) is 24.8 Å². The number of rotatable bonds is 6. The van der Waals surface area contributed by atoms with E-state index in [1.807, 2.05) is 19.1 Å². The maximum absolute atomic E-state index is 12.5. The minimum Gasteiger partial charge on any atom is -0.506 e. The third-order valence-electron chi connectivity index (χ3n) is 4.62. The van der Waals surface area contributed by atoms with Crippen molar-refractivity contribution in [1.82, 2.24) is 10.6 Å². The number of hydrogen-bond donors (Lipinski definition) is 3. The number of amides is 2. The van der Waals surface area contributed by atoms with Crippen LogP contribution in [-0.2, 0) is 14.3 Å². The summed E-state index contributed by atoms with van der Waals surface area (Å²) in [6.45, 7) is 3.32. The van der Waals surface area contributed by atoms with E-state index in [0.717, 1.165) is 5.39 Å². The Hall–Kier alpha value is -3.55. The first-order valence-electron chi connectivity index (χ1n) is 9.31.